The van der Waals surface area contributed by atoms with Gasteiger partial charge in [-0.2, -0.15) is 0 Å². The van der Waals surface area contributed by atoms with Crippen molar-refractivity contribution < 1.29 is 9.53 Å². The number of carbonyl (C=O) groups is 1. The minimum atomic E-state index is -0.172. The van der Waals surface area contributed by atoms with E-state index in [9.17, 15) is 4.79 Å². The third kappa shape index (κ3) is 2.29. The van der Waals surface area contributed by atoms with Crippen molar-refractivity contribution in [2.24, 2.45) is 7.05 Å². The molecule has 1 aromatic heterocycles. The van der Waals surface area contributed by atoms with Crippen molar-refractivity contribution in [2.75, 3.05) is 18.2 Å². The maximum atomic E-state index is 12.0. The van der Waals surface area contributed by atoms with Crippen LogP contribution in [0.4, 0.5) is 11.4 Å². The molecule has 1 heterocycles. The van der Waals surface area contributed by atoms with Crippen molar-refractivity contribution >= 4 is 17.3 Å². The number of aromatic nitrogens is 1. The molecule has 2 rings (SSSR count). The summed E-state index contributed by atoms with van der Waals surface area (Å²) in [6.45, 7) is 0. The van der Waals surface area contributed by atoms with Gasteiger partial charge in [-0.15, -0.1) is 0 Å². The van der Waals surface area contributed by atoms with E-state index in [1.165, 1.54) is 7.11 Å². The first-order valence-electron chi connectivity index (χ1n) is 5.48. The van der Waals surface area contributed by atoms with Gasteiger partial charge in [0.05, 0.1) is 12.8 Å². The highest BCUT2D eigenvalue weighted by molar-refractivity contribution is 6.03. The van der Waals surface area contributed by atoms with Crippen LogP contribution in [-0.2, 0) is 7.05 Å². The summed E-state index contributed by atoms with van der Waals surface area (Å²) in [4.78, 5) is 12.0. The molecule has 0 fully saturated rings. The predicted octanol–water partition coefficient (Wildman–Crippen LogP) is 1.87. The molecule has 1 aromatic carbocycles. The Bertz CT molecular complexity index is 575. The molecule has 3 N–H and O–H groups in total. The highest BCUT2D eigenvalue weighted by Crippen LogP contribution is 2.25. The van der Waals surface area contributed by atoms with Gasteiger partial charge in [-0.1, -0.05) is 0 Å². The molecule has 0 bridgehead atoms. The molecule has 0 aliphatic carbocycles. The van der Waals surface area contributed by atoms with Crippen LogP contribution in [-0.4, -0.2) is 17.6 Å². The monoisotopic (exact) mass is 245 g/mol. The van der Waals surface area contributed by atoms with Crippen LogP contribution in [0.2, 0.25) is 0 Å². The van der Waals surface area contributed by atoms with E-state index in [-0.39, 0.29) is 5.91 Å². The van der Waals surface area contributed by atoms with Gasteiger partial charge in [0, 0.05) is 25.0 Å². The van der Waals surface area contributed by atoms with Gasteiger partial charge in [-0.25, -0.2) is 0 Å². The lowest BCUT2D eigenvalue weighted by atomic mass is 10.2. The molecule has 0 saturated heterocycles. The number of hydrogen-bond donors (Lipinski definition) is 2. The first kappa shape index (κ1) is 12.0. The topological polar surface area (TPSA) is 69.3 Å². The number of rotatable bonds is 3. The first-order valence-corrected chi connectivity index (χ1v) is 5.48. The smallest absolute Gasteiger partial charge is 0.272 e. The standard InChI is InChI=1S/C13H15N3O2/c1-16-7-3-4-11(16)13(17)15-9-5-6-10(14)12(8-9)18-2/h3-8H,14H2,1-2H3,(H,15,17). The van der Waals surface area contributed by atoms with E-state index in [2.05, 4.69) is 5.32 Å². The fourth-order valence-corrected chi connectivity index (χ4v) is 1.68. The van der Waals surface area contributed by atoms with E-state index >= 15 is 0 Å². The quantitative estimate of drug-likeness (QED) is 0.811. The van der Waals surface area contributed by atoms with Crippen molar-refractivity contribution in [3.63, 3.8) is 0 Å². The zero-order valence-electron chi connectivity index (χ0n) is 10.3. The van der Waals surface area contributed by atoms with Crippen molar-refractivity contribution in [3.8, 4) is 5.75 Å². The number of nitrogens with one attached hydrogen (secondary N) is 1. The summed E-state index contributed by atoms with van der Waals surface area (Å²) in [5.74, 6) is 0.369. The second-order valence-electron chi connectivity index (χ2n) is 3.92. The Morgan fingerprint density at radius 3 is 2.78 bits per heavy atom. The molecule has 0 radical (unpaired) electrons. The number of methoxy groups -OCH3 is 1. The van der Waals surface area contributed by atoms with Crippen LogP contribution in [0.5, 0.6) is 5.75 Å². The number of hydrogen-bond acceptors (Lipinski definition) is 3. The number of nitrogens with zero attached hydrogens (tertiary/aromatic N) is 1. The van der Waals surface area contributed by atoms with E-state index in [0.717, 1.165) is 0 Å². The highest BCUT2D eigenvalue weighted by Gasteiger charge is 2.10. The maximum absolute atomic E-state index is 12.0. The number of benzene rings is 1. The molecule has 0 saturated carbocycles. The van der Waals surface area contributed by atoms with Crippen molar-refractivity contribution in [3.05, 3.63) is 42.2 Å². The van der Waals surface area contributed by atoms with Gasteiger partial charge in [0.15, 0.2) is 0 Å². The molecule has 0 spiro atoms. The van der Waals surface area contributed by atoms with Gasteiger partial charge in [0.25, 0.3) is 5.91 Å². The summed E-state index contributed by atoms with van der Waals surface area (Å²) in [6, 6.07) is 8.69. The van der Waals surface area contributed by atoms with Crippen LogP contribution in [0.25, 0.3) is 0 Å². The Hall–Kier alpha value is -2.43. The van der Waals surface area contributed by atoms with Crippen LogP contribution in [0.1, 0.15) is 10.5 Å². The molecule has 2 aromatic rings. The fraction of sp³-hybridized carbons (Fsp3) is 0.154. The summed E-state index contributed by atoms with van der Waals surface area (Å²) in [5, 5.41) is 2.79. The lowest BCUT2D eigenvalue weighted by molar-refractivity contribution is 0.101. The summed E-state index contributed by atoms with van der Waals surface area (Å²) in [5.41, 5.74) is 7.48. The minimum absolute atomic E-state index is 0.172. The van der Waals surface area contributed by atoms with E-state index < -0.39 is 0 Å². The third-order valence-corrected chi connectivity index (χ3v) is 2.67. The lowest BCUT2D eigenvalue weighted by Gasteiger charge is -2.09. The predicted molar refractivity (Wildman–Crippen MR) is 70.8 cm³/mol. The van der Waals surface area contributed by atoms with E-state index in [1.54, 1.807) is 28.8 Å². The Labute approximate surface area is 105 Å². The van der Waals surface area contributed by atoms with Crippen molar-refractivity contribution in [2.45, 2.75) is 0 Å². The Morgan fingerprint density at radius 1 is 1.39 bits per heavy atom. The van der Waals surface area contributed by atoms with Crippen LogP contribution in [0.15, 0.2) is 36.5 Å². The molecule has 0 aliphatic rings. The van der Waals surface area contributed by atoms with Gasteiger partial charge in [0.1, 0.15) is 11.4 Å². The van der Waals surface area contributed by atoms with Gasteiger partial charge < -0.3 is 20.4 Å². The summed E-state index contributed by atoms with van der Waals surface area (Å²) in [6.07, 6.45) is 1.82. The molecule has 5 nitrogen and oxygen atoms in total. The van der Waals surface area contributed by atoms with E-state index in [0.29, 0.717) is 22.8 Å². The first-order chi connectivity index (χ1) is 8.61. The lowest BCUT2D eigenvalue weighted by Crippen LogP contribution is -2.15. The average molecular weight is 245 g/mol. The van der Waals surface area contributed by atoms with Gasteiger partial charge in [0.2, 0.25) is 0 Å². The molecule has 0 aliphatic heterocycles. The van der Waals surface area contributed by atoms with Crippen molar-refractivity contribution in [1.29, 1.82) is 0 Å². The average Bonchev–Trinajstić information content (AvgIpc) is 2.78. The normalized spacial score (nSPS) is 10.1. The molecule has 5 heteroatoms. The number of aryl methyl sites for hydroxylation is 1. The molecular formula is C13H15N3O2. The Morgan fingerprint density at radius 2 is 2.17 bits per heavy atom. The number of amides is 1. The summed E-state index contributed by atoms with van der Waals surface area (Å²) in [7, 11) is 3.35. The summed E-state index contributed by atoms with van der Waals surface area (Å²) >= 11 is 0. The number of ether oxygens (including phenoxy) is 1. The van der Waals surface area contributed by atoms with Crippen LogP contribution >= 0.6 is 0 Å². The van der Waals surface area contributed by atoms with Gasteiger partial charge in [-0.05, 0) is 24.3 Å². The Kier molecular flexibility index (Phi) is 3.23. The molecule has 0 unspecified atom stereocenters. The summed E-state index contributed by atoms with van der Waals surface area (Å²) < 4.78 is 6.85. The zero-order chi connectivity index (χ0) is 13.1. The fourth-order valence-electron chi connectivity index (χ4n) is 1.68. The maximum Gasteiger partial charge on any atom is 0.272 e. The second kappa shape index (κ2) is 4.83. The van der Waals surface area contributed by atoms with Crippen molar-refractivity contribution in [1.82, 2.24) is 4.57 Å². The molecule has 18 heavy (non-hydrogen) atoms. The molecule has 0 atom stereocenters. The second-order valence-corrected chi connectivity index (χ2v) is 3.92. The third-order valence-electron chi connectivity index (χ3n) is 2.67. The number of nitrogen functional groups attached to an aromatic ring is 1. The SMILES string of the molecule is COc1cc(NC(=O)c2cccn2C)ccc1N. The highest BCUT2D eigenvalue weighted by atomic mass is 16.5. The number of nitrogens with two attached hydrogens (primary N) is 1. The van der Waals surface area contributed by atoms with Crippen LogP contribution in [0, 0.1) is 0 Å². The number of carbonyl (C=O) groups excluding carboxylic acids is 1. The van der Waals surface area contributed by atoms with E-state index in [1.807, 2.05) is 19.3 Å². The van der Waals surface area contributed by atoms with Crippen LogP contribution in [0.3, 0.4) is 0 Å². The molecule has 1 amide bonds. The van der Waals surface area contributed by atoms with Gasteiger partial charge >= 0.3 is 0 Å². The largest absolute Gasteiger partial charge is 0.495 e. The molecule has 94 valence electrons. The Balaban J connectivity index is 2.20. The van der Waals surface area contributed by atoms with Gasteiger partial charge in [-0.3, -0.25) is 4.79 Å². The van der Waals surface area contributed by atoms with Crippen LogP contribution < -0.4 is 15.8 Å². The minimum Gasteiger partial charge on any atom is -0.495 e. The zero-order valence-corrected chi connectivity index (χ0v) is 10.3. The molecular weight excluding hydrogens is 230 g/mol. The number of anilines is 2. The van der Waals surface area contributed by atoms with E-state index in [4.69, 9.17) is 10.5 Å².